The Bertz CT molecular complexity index is 1090. The molecule has 0 aliphatic carbocycles. The van der Waals surface area contributed by atoms with E-state index >= 15 is 0 Å². The van der Waals surface area contributed by atoms with Crippen molar-refractivity contribution in [3.05, 3.63) is 67.1 Å². The summed E-state index contributed by atoms with van der Waals surface area (Å²) >= 11 is 23.6. The number of halogens is 3. The smallest absolute Gasteiger partial charge is 0.216 e. The number of methoxy groups -OCH3 is 1. The largest absolute Gasteiger partial charge is 0.493 e. The van der Waals surface area contributed by atoms with Crippen molar-refractivity contribution < 1.29 is 9.47 Å². The highest BCUT2D eigenvalue weighted by molar-refractivity contribution is 7.71. The van der Waals surface area contributed by atoms with Crippen molar-refractivity contribution in [3.8, 4) is 11.5 Å². The number of benzene rings is 2. The molecule has 0 aliphatic rings. The monoisotopic (exact) mass is 456 g/mol. The first-order chi connectivity index (χ1) is 13.4. The van der Waals surface area contributed by atoms with Crippen LogP contribution in [-0.4, -0.2) is 28.2 Å². The number of rotatable bonds is 6. The molecule has 10 heteroatoms. The Morgan fingerprint density at radius 1 is 1.18 bits per heavy atom. The van der Waals surface area contributed by atoms with Crippen molar-refractivity contribution in [1.29, 1.82) is 0 Å². The SMILES string of the molecule is COc1cc(/C=N/n2c(C)n[nH]c2=S)ccc1OCc1c(Cl)ccc(Cl)c1Cl. The zero-order valence-corrected chi connectivity index (χ0v) is 18.0. The van der Waals surface area contributed by atoms with Crippen molar-refractivity contribution in [1.82, 2.24) is 14.9 Å². The van der Waals surface area contributed by atoms with Crippen LogP contribution in [0.5, 0.6) is 11.5 Å². The molecule has 28 heavy (non-hydrogen) atoms. The Kier molecular flexibility index (Phi) is 6.61. The molecule has 146 valence electrons. The first-order valence-electron chi connectivity index (χ1n) is 8.02. The summed E-state index contributed by atoms with van der Waals surface area (Å²) in [7, 11) is 1.55. The van der Waals surface area contributed by atoms with Gasteiger partial charge in [0.2, 0.25) is 4.77 Å². The Morgan fingerprint density at radius 3 is 2.61 bits per heavy atom. The maximum Gasteiger partial charge on any atom is 0.216 e. The molecule has 1 N–H and O–H groups in total. The third kappa shape index (κ3) is 4.50. The van der Waals surface area contributed by atoms with Gasteiger partial charge in [-0.05, 0) is 55.0 Å². The molecule has 1 heterocycles. The molecule has 3 rings (SSSR count). The molecule has 0 radical (unpaired) electrons. The van der Waals surface area contributed by atoms with Crippen LogP contribution in [-0.2, 0) is 6.61 Å². The van der Waals surface area contributed by atoms with E-state index in [1.807, 2.05) is 6.07 Å². The number of aromatic nitrogens is 3. The molecule has 0 bridgehead atoms. The highest BCUT2D eigenvalue weighted by Crippen LogP contribution is 2.34. The lowest BCUT2D eigenvalue weighted by molar-refractivity contribution is 0.284. The van der Waals surface area contributed by atoms with Crippen molar-refractivity contribution in [2.24, 2.45) is 5.10 Å². The molecule has 0 amide bonds. The number of aromatic amines is 1. The van der Waals surface area contributed by atoms with Crippen molar-refractivity contribution in [3.63, 3.8) is 0 Å². The van der Waals surface area contributed by atoms with Crippen LogP contribution in [0.4, 0.5) is 0 Å². The molecular formula is C18H15Cl3N4O2S. The third-order valence-electron chi connectivity index (χ3n) is 3.83. The summed E-state index contributed by atoms with van der Waals surface area (Å²) in [5.74, 6) is 1.72. The Hall–Kier alpha value is -2.06. The Labute approximate surface area is 181 Å². The molecule has 6 nitrogen and oxygen atoms in total. The van der Waals surface area contributed by atoms with Crippen LogP contribution >= 0.6 is 47.0 Å². The van der Waals surface area contributed by atoms with E-state index in [0.717, 1.165) is 5.56 Å². The molecule has 0 unspecified atom stereocenters. The van der Waals surface area contributed by atoms with Crippen LogP contribution in [0.15, 0.2) is 35.4 Å². The Morgan fingerprint density at radius 2 is 1.93 bits per heavy atom. The number of nitrogens with zero attached hydrogens (tertiary/aromatic N) is 3. The fourth-order valence-electron chi connectivity index (χ4n) is 2.37. The van der Waals surface area contributed by atoms with Gasteiger partial charge in [0.25, 0.3) is 0 Å². The van der Waals surface area contributed by atoms with Gasteiger partial charge < -0.3 is 9.47 Å². The van der Waals surface area contributed by atoms with Gasteiger partial charge >= 0.3 is 0 Å². The fraction of sp³-hybridized carbons (Fsp3) is 0.167. The van der Waals surface area contributed by atoms with E-state index in [2.05, 4.69) is 15.3 Å². The first-order valence-corrected chi connectivity index (χ1v) is 9.56. The molecule has 1 aromatic heterocycles. The lowest BCUT2D eigenvalue weighted by Gasteiger charge is -2.13. The zero-order chi connectivity index (χ0) is 20.3. The number of nitrogens with one attached hydrogen (secondary N) is 1. The van der Waals surface area contributed by atoms with E-state index in [0.29, 0.717) is 42.7 Å². The van der Waals surface area contributed by atoms with E-state index in [1.54, 1.807) is 44.5 Å². The summed E-state index contributed by atoms with van der Waals surface area (Å²) in [6, 6.07) is 8.71. The fourth-order valence-corrected chi connectivity index (χ4v) is 3.25. The zero-order valence-electron chi connectivity index (χ0n) is 14.9. The predicted octanol–water partition coefficient (Wildman–Crippen LogP) is 5.68. The standard InChI is InChI=1S/C18H15Cl3N4O2S/c1-10-23-24-18(28)25(10)22-8-11-3-6-15(16(7-11)26-2)27-9-12-13(19)4-5-14(20)17(12)21/h3-8H,9H2,1-2H3,(H,24,28)/b22-8+. The number of ether oxygens (including phenoxy) is 2. The third-order valence-corrected chi connectivity index (χ3v) is 5.29. The van der Waals surface area contributed by atoms with E-state index in [4.69, 9.17) is 56.5 Å². The molecule has 2 aromatic carbocycles. The molecule has 0 saturated heterocycles. The predicted molar refractivity (Wildman–Crippen MR) is 114 cm³/mol. The summed E-state index contributed by atoms with van der Waals surface area (Å²) in [6.07, 6.45) is 1.65. The van der Waals surface area contributed by atoms with Gasteiger partial charge in [-0.1, -0.05) is 34.8 Å². The van der Waals surface area contributed by atoms with Crippen molar-refractivity contribution >= 4 is 53.2 Å². The van der Waals surface area contributed by atoms with E-state index in [9.17, 15) is 0 Å². The maximum atomic E-state index is 6.22. The number of H-pyrrole nitrogens is 1. The van der Waals surface area contributed by atoms with Gasteiger partial charge in [0.05, 0.1) is 23.4 Å². The second-order valence-electron chi connectivity index (χ2n) is 5.65. The molecule has 0 spiro atoms. The Balaban J connectivity index is 1.81. The van der Waals surface area contributed by atoms with Gasteiger partial charge in [-0.25, -0.2) is 0 Å². The molecular weight excluding hydrogens is 443 g/mol. The summed E-state index contributed by atoms with van der Waals surface area (Å²) in [4.78, 5) is 0. The van der Waals surface area contributed by atoms with Crippen molar-refractivity contribution in [2.45, 2.75) is 13.5 Å². The topological polar surface area (TPSA) is 64.4 Å². The van der Waals surface area contributed by atoms with Crippen LogP contribution in [0.3, 0.4) is 0 Å². The molecule has 0 aliphatic heterocycles. The maximum absolute atomic E-state index is 6.22. The van der Waals surface area contributed by atoms with Gasteiger partial charge in [-0.2, -0.15) is 14.9 Å². The van der Waals surface area contributed by atoms with Gasteiger partial charge in [0, 0.05) is 10.6 Å². The molecule has 0 atom stereocenters. The average Bonchev–Trinajstić information content (AvgIpc) is 3.01. The lowest BCUT2D eigenvalue weighted by Crippen LogP contribution is -2.00. The molecule has 0 fully saturated rings. The second kappa shape index (κ2) is 8.96. The van der Waals surface area contributed by atoms with E-state index < -0.39 is 0 Å². The number of aryl methyl sites for hydroxylation is 1. The van der Waals surface area contributed by atoms with Crippen LogP contribution < -0.4 is 9.47 Å². The lowest BCUT2D eigenvalue weighted by atomic mass is 10.2. The quantitative estimate of drug-likeness (QED) is 0.294. The molecule has 3 aromatic rings. The second-order valence-corrected chi connectivity index (χ2v) is 7.23. The van der Waals surface area contributed by atoms with Crippen LogP contribution in [0.25, 0.3) is 0 Å². The number of hydrogen-bond donors (Lipinski definition) is 1. The minimum absolute atomic E-state index is 0.144. The van der Waals surface area contributed by atoms with Crippen molar-refractivity contribution in [2.75, 3.05) is 7.11 Å². The van der Waals surface area contributed by atoms with Gasteiger partial charge in [-0.15, -0.1) is 0 Å². The highest BCUT2D eigenvalue weighted by atomic mass is 35.5. The number of hydrogen-bond acceptors (Lipinski definition) is 5. The summed E-state index contributed by atoms with van der Waals surface area (Å²) in [5, 5.41) is 12.3. The van der Waals surface area contributed by atoms with Crippen LogP contribution in [0.1, 0.15) is 17.0 Å². The van der Waals surface area contributed by atoms with Crippen LogP contribution in [0.2, 0.25) is 15.1 Å². The van der Waals surface area contributed by atoms with E-state index in [1.165, 1.54) is 4.68 Å². The van der Waals surface area contributed by atoms with Gasteiger partial charge in [-0.3, -0.25) is 5.10 Å². The summed E-state index contributed by atoms with van der Waals surface area (Å²) in [5.41, 5.74) is 1.40. The average molecular weight is 458 g/mol. The van der Waals surface area contributed by atoms with E-state index in [-0.39, 0.29) is 6.61 Å². The van der Waals surface area contributed by atoms with Gasteiger partial charge in [0.1, 0.15) is 12.4 Å². The summed E-state index contributed by atoms with van der Waals surface area (Å²) < 4.78 is 13.2. The summed E-state index contributed by atoms with van der Waals surface area (Å²) in [6.45, 7) is 1.94. The normalized spacial score (nSPS) is 11.2. The van der Waals surface area contributed by atoms with Crippen LogP contribution in [0, 0.1) is 11.7 Å². The first kappa shape index (κ1) is 20.7. The minimum atomic E-state index is 0.144. The highest BCUT2D eigenvalue weighted by Gasteiger charge is 2.12. The minimum Gasteiger partial charge on any atom is -0.493 e. The van der Waals surface area contributed by atoms with Gasteiger partial charge in [0.15, 0.2) is 11.5 Å². The molecule has 0 saturated carbocycles.